The third-order valence-electron chi connectivity index (χ3n) is 6.17. The maximum absolute atomic E-state index is 13.8. The Morgan fingerprint density at radius 1 is 0.971 bits per heavy atom. The molecule has 0 saturated heterocycles. The third kappa shape index (κ3) is 4.84. The number of carbonyl (C=O) groups excluding carboxylic acids is 1. The SMILES string of the molecule is COc1ccc(-n2c(CN(C(=O)c3c(C)cc(OC)cc3C)C(C)C)nc3ccc(Cl)cc32)cc1. The summed E-state index contributed by atoms with van der Waals surface area (Å²) < 4.78 is 12.8. The zero-order valence-electron chi connectivity index (χ0n) is 20.9. The standard InChI is InChI=1S/C28H30ClN3O3/c1-17(2)31(28(33)27-18(3)13-23(35-6)14-19(27)4)16-26-30-24-12-7-20(29)15-25(24)32(26)21-8-10-22(34-5)11-9-21/h7-15,17H,16H2,1-6H3. The number of hydrogen-bond donors (Lipinski definition) is 0. The van der Waals surface area contributed by atoms with Crippen LogP contribution < -0.4 is 9.47 Å². The third-order valence-corrected chi connectivity index (χ3v) is 6.40. The van der Waals surface area contributed by atoms with Gasteiger partial charge >= 0.3 is 0 Å². The van der Waals surface area contributed by atoms with Crippen LogP contribution in [0.3, 0.4) is 0 Å². The summed E-state index contributed by atoms with van der Waals surface area (Å²) in [7, 11) is 3.27. The molecule has 0 saturated carbocycles. The van der Waals surface area contributed by atoms with Crippen molar-refractivity contribution in [1.82, 2.24) is 14.5 Å². The second-order valence-corrected chi connectivity index (χ2v) is 9.29. The normalized spacial score (nSPS) is 11.2. The lowest BCUT2D eigenvalue weighted by Gasteiger charge is -2.28. The zero-order valence-corrected chi connectivity index (χ0v) is 21.7. The molecule has 0 radical (unpaired) electrons. The van der Waals surface area contributed by atoms with Crippen molar-refractivity contribution >= 4 is 28.5 Å². The van der Waals surface area contributed by atoms with Gasteiger partial charge in [0.1, 0.15) is 17.3 Å². The van der Waals surface area contributed by atoms with E-state index in [1.165, 1.54) is 0 Å². The van der Waals surface area contributed by atoms with E-state index in [4.69, 9.17) is 26.1 Å². The Labute approximate surface area is 211 Å². The van der Waals surface area contributed by atoms with Crippen LogP contribution >= 0.6 is 11.6 Å². The van der Waals surface area contributed by atoms with Crippen LogP contribution in [-0.4, -0.2) is 40.6 Å². The average molecular weight is 492 g/mol. The molecule has 0 N–H and O–H groups in total. The van der Waals surface area contributed by atoms with Gasteiger partial charge in [-0.15, -0.1) is 0 Å². The quantitative estimate of drug-likeness (QED) is 0.301. The van der Waals surface area contributed by atoms with Gasteiger partial charge in [0.25, 0.3) is 5.91 Å². The predicted octanol–water partition coefficient (Wildman–Crippen LogP) is 6.36. The van der Waals surface area contributed by atoms with E-state index in [0.29, 0.717) is 17.1 Å². The molecule has 4 rings (SSSR count). The molecule has 3 aromatic carbocycles. The lowest BCUT2D eigenvalue weighted by atomic mass is 10.0. The Kier molecular flexibility index (Phi) is 7.03. The van der Waals surface area contributed by atoms with Gasteiger partial charge < -0.3 is 14.4 Å². The summed E-state index contributed by atoms with van der Waals surface area (Å²) >= 11 is 6.35. The lowest BCUT2D eigenvalue weighted by Crippen LogP contribution is -2.38. The minimum absolute atomic E-state index is 0.0379. The van der Waals surface area contributed by atoms with Gasteiger partial charge in [0.05, 0.1) is 31.8 Å². The van der Waals surface area contributed by atoms with Crippen molar-refractivity contribution in [1.29, 1.82) is 0 Å². The number of benzene rings is 3. The monoisotopic (exact) mass is 491 g/mol. The number of nitrogens with zero attached hydrogens (tertiary/aromatic N) is 3. The molecule has 0 bridgehead atoms. The second-order valence-electron chi connectivity index (χ2n) is 8.86. The van der Waals surface area contributed by atoms with E-state index in [2.05, 4.69) is 4.57 Å². The summed E-state index contributed by atoms with van der Waals surface area (Å²) in [6.45, 7) is 8.25. The minimum Gasteiger partial charge on any atom is -0.497 e. The van der Waals surface area contributed by atoms with E-state index in [0.717, 1.165) is 45.2 Å². The fraction of sp³-hybridized carbons (Fsp3) is 0.286. The smallest absolute Gasteiger partial charge is 0.255 e. The maximum atomic E-state index is 13.8. The highest BCUT2D eigenvalue weighted by Gasteiger charge is 2.25. The van der Waals surface area contributed by atoms with Crippen molar-refractivity contribution in [2.24, 2.45) is 0 Å². The lowest BCUT2D eigenvalue weighted by molar-refractivity contribution is 0.0683. The van der Waals surface area contributed by atoms with Gasteiger partial charge in [0.15, 0.2) is 0 Å². The number of carbonyl (C=O) groups is 1. The molecule has 0 spiro atoms. The van der Waals surface area contributed by atoms with E-state index >= 15 is 0 Å². The predicted molar refractivity (Wildman–Crippen MR) is 140 cm³/mol. The fourth-order valence-electron chi connectivity index (χ4n) is 4.39. The molecule has 1 heterocycles. The van der Waals surface area contributed by atoms with Gasteiger partial charge in [-0.2, -0.15) is 0 Å². The van der Waals surface area contributed by atoms with Crippen LogP contribution in [0.5, 0.6) is 11.5 Å². The van der Waals surface area contributed by atoms with Gasteiger partial charge in [0.2, 0.25) is 0 Å². The van der Waals surface area contributed by atoms with E-state index in [1.54, 1.807) is 14.2 Å². The molecule has 182 valence electrons. The van der Waals surface area contributed by atoms with Gasteiger partial charge in [-0.25, -0.2) is 4.98 Å². The van der Waals surface area contributed by atoms with Crippen molar-refractivity contribution < 1.29 is 14.3 Å². The minimum atomic E-state index is -0.0453. The van der Waals surface area contributed by atoms with Crippen LogP contribution in [0.1, 0.15) is 41.2 Å². The van der Waals surface area contributed by atoms with Crippen molar-refractivity contribution in [3.8, 4) is 17.2 Å². The number of hydrogen-bond acceptors (Lipinski definition) is 4. The molecule has 0 aliphatic heterocycles. The van der Waals surface area contributed by atoms with Crippen LogP contribution in [0.15, 0.2) is 54.6 Å². The first-order valence-electron chi connectivity index (χ1n) is 11.5. The summed E-state index contributed by atoms with van der Waals surface area (Å²) in [4.78, 5) is 20.6. The van der Waals surface area contributed by atoms with Crippen LogP contribution in [0, 0.1) is 13.8 Å². The first-order chi connectivity index (χ1) is 16.7. The maximum Gasteiger partial charge on any atom is 0.255 e. The van der Waals surface area contributed by atoms with Gasteiger partial charge in [-0.1, -0.05) is 11.6 Å². The van der Waals surface area contributed by atoms with E-state index in [-0.39, 0.29) is 11.9 Å². The molecule has 0 atom stereocenters. The molecular formula is C28H30ClN3O3. The van der Waals surface area contributed by atoms with E-state index in [1.807, 2.05) is 87.2 Å². The molecule has 0 aliphatic rings. The number of amides is 1. The second kappa shape index (κ2) is 10.0. The van der Waals surface area contributed by atoms with Crippen molar-refractivity contribution in [3.05, 3.63) is 82.1 Å². The van der Waals surface area contributed by atoms with Gasteiger partial charge in [0, 0.05) is 22.3 Å². The van der Waals surface area contributed by atoms with Crippen LogP contribution in [-0.2, 0) is 6.54 Å². The molecule has 6 nitrogen and oxygen atoms in total. The van der Waals surface area contributed by atoms with Crippen molar-refractivity contribution in [2.75, 3.05) is 14.2 Å². The first kappa shape index (κ1) is 24.6. The molecular weight excluding hydrogens is 462 g/mol. The number of aromatic nitrogens is 2. The molecule has 35 heavy (non-hydrogen) atoms. The molecule has 1 amide bonds. The average Bonchev–Trinajstić information content (AvgIpc) is 3.18. The fourth-order valence-corrected chi connectivity index (χ4v) is 4.55. The largest absolute Gasteiger partial charge is 0.497 e. The Balaban J connectivity index is 1.81. The molecule has 0 fully saturated rings. The molecule has 0 unspecified atom stereocenters. The summed E-state index contributed by atoms with van der Waals surface area (Å²) in [5.41, 5.74) is 5.06. The summed E-state index contributed by atoms with van der Waals surface area (Å²) in [6, 6.07) is 17.1. The summed E-state index contributed by atoms with van der Waals surface area (Å²) in [5.74, 6) is 2.22. The summed E-state index contributed by atoms with van der Waals surface area (Å²) in [5, 5.41) is 0.625. The Morgan fingerprint density at radius 3 is 2.17 bits per heavy atom. The van der Waals surface area contributed by atoms with Crippen LogP contribution in [0.2, 0.25) is 5.02 Å². The number of rotatable bonds is 7. The van der Waals surface area contributed by atoms with E-state index < -0.39 is 0 Å². The number of imidazole rings is 1. The molecule has 7 heteroatoms. The highest BCUT2D eigenvalue weighted by atomic mass is 35.5. The highest BCUT2D eigenvalue weighted by Crippen LogP contribution is 2.29. The summed E-state index contributed by atoms with van der Waals surface area (Å²) in [6.07, 6.45) is 0. The number of fused-ring (bicyclic) bond motifs is 1. The first-order valence-corrected chi connectivity index (χ1v) is 11.9. The number of ether oxygens (including phenoxy) is 2. The number of aryl methyl sites for hydroxylation is 2. The molecule has 0 aliphatic carbocycles. The van der Waals surface area contributed by atoms with Crippen LogP contribution in [0.4, 0.5) is 0 Å². The van der Waals surface area contributed by atoms with Gasteiger partial charge in [-0.05, 0) is 93.4 Å². The van der Waals surface area contributed by atoms with Crippen molar-refractivity contribution in [3.63, 3.8) is 0 Å². The topological polar surface area (TPSA) is 56.6 Å². The highest BCUT2D eigenvalue weighted by molar-refractivity contribution is 6.31. The van der Waals surface area contributed by atoms with Crippen molar-refractivity contribution in [2.45, 2.75) is 40.3 Å². The molecule has 1 aromatic heterocycles. The Morgan fingerprint density at radius 2 is 1.60 bits per heavy atom. The Hall–Kier alpha value is -3.51. The Bertz CT molecular complexity index is 1350. The number of methoxy groups -OCH3 is 2. The zero-order chi connectivity index (χ0) is 25.3. The van der Waals surface area contributed by atoms with E-state index in [9.17, 15) is 4.79 Å². The van der Waals surface area contributed by atoms with Gasteiger partial charge in [-0.3, -0.25) is 9.36 Å². The van der Waals surface area contributed by atoms with Crippen LogP contribution in [0.25, 0.3) is 16.7 Å². The number of halogens is 1. The molecule has 4 aromatic rings.